The number of anilines is 1. The normalized spacial score (nSPS) is 9.08. The second-order valence-corrected chi connectivity index (χ2v) is 2.54. The zero-order valence-electron chi connectivity index (χ0n) is 6.34. The molecule has 0 fully saturated rings. The fraction of sp³-hybridized carbons (Fsp3) is 0.125. The molecule has 0 amide bonds. The van der Waals surface area contributed by atoms with Gasteiger partial charge in [0.2, 0.25) is 0 Å². The van der Waals surface area contributed by atoms with Gasteiger partial charge >= 0.3 is 0 Å². The highest BCUT2D eigenvalue weighted by atomic mass is 35.5. The van der Waals surface area contributed by atoms with Gasteiger partial charge in [-0.15, -0.1) is 11.6 Å². The van der Waals surface area contributed by atoms with Gasteiger partial charge in [-0.1, -0.05) is 6.07 Å². The Labute approximate surface area is 75.7 Å². The van der Waals surface area contributed by atoms with Gasteiger partial charge in [-0.2, -0.15) is 5.26 Å². The van der Waals surface area contributed by atoms with Gasteiger partial charge in [-0.3, -0.25) is 5.84 Å². The number of hydrogen-bond acceptors (Lipinski definition) is 3. The Morgan fingerprint density at radius 2 is 2.33 bits per heavy atom. The molecule has 0 unspecified atom stereocenters. The molecule has 0 atom stereocenters. The summed E-state index contributed by atoms with van der Waals surface area (Å²) in [6, 6.07) is 7.29. The van der Waals surface area contributed by atoms with Crippen LogP contribution in [0.4, 0.5) is 5.69 Å². The first-order valence-corrected chi connectivity index (χ1v) is 3.91. The summed E-state index contributed by atoms with van der Waals surface area (Å²) in [7, 11) is 0. The summed E-state index contributed by atoms with van der Waals surface area (Å²) in [6.45, 7) is 0. The van der Waals surface area contributed by atoms with Crippen molar-refractivity contribution < 1.29 is 0 Å². The number of benzene rings is 1. The molecule has 0 saturated carbocycles. The third-order valence-corrected chi connectivity index (χ3v) is 1.82. The molecule has 62 valence electrons. The van der Waals surface area contributed by atoms with Crippen LogP contribution in [0.2, 0.25) is 0 Å². The first-order chi connectivity index (χ1) is 5.81. The van der Waals surface area contributed by atoms with Gasteiger partial charge < -0.3 is 5.43 Å². The molecule has 0 radical (unpaired) electrons. The SMILES string of the molecule is N#Cc1cc(CCl)ccc1NN. The van der Waals surface area contributed by atoms with Crippen LogP contribution >= 0.6 is 11.6 Å². The van der Waals surface area contributed by atoms with Gasteiger partial charge in [0.05, 0.1) is 11.3 Å². The second-order valence-electron chi connectivity index (χ2n) is 2.27. The van der Waals surface area contributed by atoms with Crippen molar-refractivity contribution in [1.29, 1.82) is 5.26 Å². The summed E-state index contributed by atoms with van der Waals surface area (Å²) in [6.07, 6.45) is 0. The van der Waals surface area contributed by atoms with Crippen molar-refractivity contribution in [1.82, 2.24) is 0 Å². The Hall–Kier alpha value is -1.24. The Kier molecular flexibility index (Phi) is 2.92. The molecule has 1 rings (SSSR count). The van der Waals surface area contributed by atoms with Crippen molar-refractivity contribution in [2.75, 3.05) is 5.43 Å². The molecule has 0 aliphatic rings. The number of nitriles is 1. The third-order valence-electron chi connectivity index (χ3n) is 1.51. The van der Waals surface area contributed by atoms with Crippen molar-refractivity contribution in [2.24, 2.45) is 5.84 Å². The number of halogens is 1. The zero-order chi connectivity index (χ0) is 8.97. The molecule has 12 heavy (non-hydrogen) atoms. The maximum Gasteiger partial charge on any atom is 0.101 e. The lowest BCUT2D eigenvalue weighted by Crippen LogP contribution is -2.08. The highest BCUT2D eigenvalue weighted by Crippen LogP contribution is 2.16. The van der Waals surface area contributed by atoms with E-state index in [0.717, 1.165) is 5.56 Å². The van der Waals surface area contributed by atoms with E-state index >= 15 is 0 Å². The number of hydrazine groups is 1. The highest BCUT2D eigenvalue weighted by molar-refractivity contribution is 6.17. The number of nitrogens with one attached hydrogen (secondary N) is 1. The van der Waals surface area contributed by atoms with Gasteiger partial charge in [-0.25, -0.2) is 0 Å². The maximum atomic E-state index is 8.68. The largest absolute Gasteiger partial charge is 0.323 e. The van der Waals surface area contributed by atoms with Crippen LogP contribution in [0.3, 0.4) is 0 Å². The number of nitrogen functional groups attached to an aromatic ring is 1. The van der Waals surface area contributed by atoms with Crippen molar-refractivity contribution in [3.8, 4) is 6.07 Å². The topological polar surface area (TPSA) is 61.8 Å². The first-order valence-electron chi connectivity index (χ1n) is 3.37. The molecule has 1 aromatic carbocycles. The van der Waals surface area contributed by atoms with Gasteiger partial charge in [0.1, 0.15) is 6.07 Å². The Morgan fingerprint density at radius 3 is 2.83 bits per heavy atom. The van der Waals surface area contributed by atoms with Gasteiger partial charge in [0.15, 0.2) is 0 Å². The van der Waals surface area contributed by atoms with Crippen LogP contribution in [0.1, 0.15) is 11.1 Å². The Balaban J connectivity index is 3.13. The van der Waals surface area contributed by atoms with Crippen molar-refractivity contribution >= 4 is 17.3 Å². The summed E-state index contributed by atoms with van der Waals surface area (Å²) < 4.78 is 0. The number of alkyl halides is 1. The smallest absolute Gasteiger partial charge is 0.101 e. The molecule has 0 aliphatic heterocycles. The predicted molar refractivity (Wildman–Crippen MR) is 48.5 cm³/mol. The molecule has 0 saturated heterocycles. The minimum atomic E-state index is 0.402. The van der Waals surface area contributed by atoms with Crippen LogP contribution in [0.15, 0.2) is 18.2 Å². The third kappa shape index (κ3) is 1.67. The summed E-state index contributed by atoms with van der Waals surface area (Å²) in [5.41, 5.74) is 4.47. The average molecular weight is 182 g/mol. The first kappa shape index (κ1) is 8.85. The van der Waals surface area contributed by atoms with E-state index in [9.17, 15) is 0 Å². The standard InChI is InChI=1S/C8H8ClN3/c9-4-6-1-2-8(12-11)7(3-6)5-10/h1-3,12H,4,11H2. The maximum absolute atomic E-state index is 8.68. The van der Waals surface area contributed by atoms with E-state index in [1.807, 2.05) is 12.1 Å². The summed E-state index contributed by atoms with van der Waals surface area (Å²) in [5.74, 6) is 5.59. The minimum Gasteiger partial charge on any atom is -0.323 e. The zero-order valence-corrected chi connectivity index (χ0v) is 7.10. The molecule has 3 N–H and O–H groups in total. The summed E-state index contributed by atoms with van der Waals surface area (Å²) >= 11 is 5.59. The van der Waals surface area contributed by atoms with E-state index in [0.29, 0.717) is 17.1 Å². The van der Waals surface area contributed by atoms with Crippen LogP contribution < -0.4 is 11.3 Å². The minimum absolute atomic E-state index is 0.402. The fourth-order valence-electron chi connectivity index (χ4n) is 0.893. The monoisotopic (exact) mass is 181 g/mol. The Morgan fingerprint density at radius 1 is 1.58 bits per heavy atom. The number of rotatable bonds is 2. The van der Waals surface area contributed by atoms with Gasteiger partial charge in [-0.05, 0) is 17.7 Å². The van der Waals surface area contributed by atoms with Gasteiger partial charge in [0, 0.05) is 5.88 Å². The number of nitrogens with zero attached hydrogens (tertiary/aromatic N) is 1. The fourth-order valence-corrected chi connectivity index (χ4v) is 1.06. The lowest BCUT2D eigenvalue weighted by molar-refractivity contribution is 1.30. The van der Waals surface area contributed by atoms with E-state index in [1.165, 1.54) is 0 Å². The molecule has 3 nitrogen and oxygen atoms in total. The molecular weight excluding hydrogens is 174 g/mol. The molecule has 0 spiro atoms. The quantitative estimate of drug-likeness (QED) is 0.414. The van der Waals surface area contributed by atoms with Crippen LogP contribution in [-0.2, 0) is 5.88 Å². The summed E-state index contributed by atoms with van der Waals surface area (Å²) in [4.78, 5) is 0. The van der Waals surface area contributed by atoms with E-state index in [-0.39, 0.29) is 0 Å². The summed E-state index contributed by atoms with van der Waals surface area (Å²) in [5, 5.41) is 8.68. The van der Waals surface area contributed by atoms with E-state index in [1.54, 1.807) is 12.1 Å². The highest BCUT2D eigenvalue weighted by Gasteiger charge is 2.00. The molecule has 0 bridgehead atoms. The van der Waals surface area contributed by atoms with E-state index < -0.39 is 0 Å². The Bertz CT molecular complexity index is 317. The number of nitrogens with two attached hydrogens (primary N) is 1. The predicted octanol–water partition coefficient (Wildman–Crippen LogP) is 1.58. The molecule has 0 aliphatic carbocycles. The molecular formula is C8H8ClN3. The van der Waals surface area contributed by atoms with Crippen LogP contribution in [0.25, 0.3) is 0 Å². The van der Waals surface area contributed by atoms with Gasteiger partial charge in [0.25, 0.3) is 0 Å². The van der Waals surface area contributed by atoms with Crippen LogP contribution in [-0.4, -0.2) is 0 Å². The van der Waals surface area contributed by atoms with Crippen molar-refractivity contribution in [3.63, 3.8) is 0 Å². The molecule has 1 aromatic rings. The lowest BCUT2D eigenvalue weighted by Gasteiger charge is -2.03. The lowest BCUT2D eigenvalue weighted by atomic mass is 10.1. The molecule has 4 heteroatoms. The average Bonchev–Trinajstić information content (AvgIpc) is 2.16. The number of hydrogen-bond donors (Lipinski definition) is 2. The second kappa shape index (κ2) is 3.96. The van der Waals surface area contributed by atoms with Crippen molar-refractivity contribution in [3.05, 3.63) is 29.3 Å². The van der Waals surface area contributed by atoms with E-state index in [4.69, 9.17) is 22.7 Å². The molecule has 0 heterocycles. The van der Waals surface area contributed by atoms with Crippen LogP contribution in [0.5, 0.6) is 0 Å². The van der Waals surface area contributed by atoms with Crippen LogP contribution in [0, 0.1) is 11.3 Å². The van der Waals surface area contributed by atoms with E-state index in [2.05, 4.69) is 5.43 Å². The van der Waals surface area contributed by atoms with Crippen molar-refractivity contribution in [2.45, 2.75) is 5.88 Å². The molecule has 0 aromatic heterocycles.